The van der Waals surface area contributed by atoms with Crippen LogP contribution in [0, 0.1) is 0 Å². The minimum atomic E-state index is -1.27. The average Bonchev–Trinajstić information content (AvgIpc) is 1.65. The molecular formula is H4P3S+. The molecule has 0 saturated carbocycles. The van der Waals surface area contributed by atoms with Crippen molar-refractivity contribution in [1.29, 1.82) is 3.84 Å². The summed E-state index contributed by atoms with van der Waals surface area (Å²) in [6.45, 7) is -1.27. The van der Waals surface area contributed by atoms with Gasteiger partial charge in [0.2, 0.25) is 0 Å². The van der Waals surface area contributed by atoms with E-state index in [1.807, 2.05) is 0 Å². The second kappa shape index (κ2) is 4.38. The Morgan fingerprint density at radius 1 is 3.25 bits per heavy atom. The molecular weight excluding hydrogens is 125 g/mol. The van der Waals surface area contributed by atoms with Crippen molar-refractivity contribution < 1.29 is 0 Å². The molecule has 0 aliphatic rings. The van der Waals surface area contributed by atoms with E-state index in [0.29, 0.717) is 0 Å². The normalized spacial score (nSPS) is 32.0. The van der Waals surface area contributed by atoms with Crippen molar-refractivity contribution in [2.45, 2.75) is 0 Å². The van der Waals surface area contributed by atoms with Gasteiger partial charge in [0.05, 0.1) is 1.28 Å². The monoisotopic (exact) mass is 133 g/mol. The van der Waals surface area contributed by atoms with E-state index in [1.54, 1.807) is 0 Å². The molecule has 0 aromatic heterocycles. The van der Waals surface area contributed by atoms with Gasteiger partial charge in [0.1, 0.15) is 9.18 Å². The first-order valence-electron chi connectivity index (χ1n) is 2.00. The van der Waals surface area contributed by atoms with Crippen LogP contribution >= 0.6 is 23.8 Å². The summed E-state index contributed by atoms with van der Waals surface area (Å²) >= 11 is 4.46. The van der Waals surface area contributed by atoms with Crippen LogP contribution in [0.5, 0.6) is 0 Å². The maximum absolute atomic E-state index is 6.90. The van der Waals surface area contributed by atoms with Crippen LogP contribution in [0.2, 0.25) is 0 Å². The van der Waals surface area contributed by atoms with Gasteiger partial charge in [-0.1, -0.05) is 8.87 Å². The van der Waals surface area contributed by atoms with Crippen molar-refractivity contribution in [3.8, 4) is 0 Å². The van der Waals surface area contributed by atoms with Gasteiger partial charge in [-0.25, -0.2) is 0 Å². The molecule has 3 unspecified atom stereocenters. The first-order chi connectivity index (χ1) is 3.18. The molecule has 0 amide bonds. The van der Waals surface area contributed by atoms with Gasteiger partial charge < -0.3 is 0 Å². The highest BCUT2D eigenvalue weighted by molar-refractivity contribution is 8.47. The molecule has 0 aromatic rings. The Labute approximate surface area is 40.2 Å². The number of hydrogen-bond donors (Lipinski definition) is 0. The van der Waals surface area contributed by atoms with Crippen molar-refractivity contribution in [1.82, 2.24) is 0 Å². The van der Waals surface area contributed by atoms with Crippen LogP contribution in [0.25, 0.3) is 0 Å². The number of hydrogen-bond acceptors (Lipinski definition) is 1. The van der Waals surface area contributed by atoms with E-state index in [2.05, 4.69) is 11.8 Å². The summed E-state index contributed by atoms with van der Waals surface area (Å²) in [4.78, 5) is 0. The molecule has 0 radical (unpaired) electrons. The Kier molecular flexibility index (Phi) is 2.08. The Balaban J connectivity index is 3.34. The lowest BCUT2D eigenvalue weighted by molar-refractivity contribution is 5.43. The summed E-state index contributed by atoms with van der Waals surface area (Å²) in [5.41, 5.74) is 0. The standard InChI is InChI=1S/H3P3S/c1-2-3-4/h2H,1H2/p+1/i1D,2D/hT. The fraction of sp³-hybridized carbons (Fsp3) is 0. The second-order valence-electron chi connectivity index (χ2n) is 0.182. The Bertz CT molecular complexity index is 72.6. The molecule has 0 saturated heterocycles. The molecule has 0 heterocycles. The molecule has 24 valence electrons. The minimum Gasteiger partial charge on any atom is -0.0640 e. The molecule has 0 N–H and O–H groups in total. The van der Waals surface area contributed by atoms with E-state index in [1.165, 1.54) is 0 Å². The highest BCUT2D eigenvalue weighted by Crippen LogP contribution is 2.34. The molecule has 0 rings (SSSR count). The summed E-state index contributed by atoms with van der Waals surface area (Å²) in [6, 6.07) is 0. The molecule has 0 spiro atoms. The third-order valence-electron chi connectivity index (χ3n) is 0.0408. The zero-order chi connectivity index (χ0) is 5.86. The van der Waals surface area contributed by atoms with Crippen LogP contribution in [0.3, 0.4) is 0 Å². The molecule has 4 heavy (non-hydrogen) atoms. The molecule has 0 aromatic carbocycles. The van der Waals surface area contributed by atoms with Crippen LogP contribution in [0.15, 0.2) is 0 Å². The first-order valence-corrected chi connectivity index (χ1v) is 5.46. The third-order valence-corrected chi connectivity index (χ3v) is 3.31. The van der Waals surface area contributed by atoms with Crippen molar-refractivity contribution >= 4 is 35.6 Å². The van der Waals surface area contributed by atoms with Crippen molar-refractivity contribution in [2.75, 3.05) is 0 Å². The van der Waals surface area contributed by atoms with Crippen LogP contribution in [0.4, 0.5) is 0 Å². The van der Waals surface area contributed by atoms with Gasteiger partial charge in [0, 0.05) is 0 Å². The number of rotatable bonds is 2. The van der Waals surface area contributed by atoms with Crippen LogP contribution < -0.4 is 0 Å². The van der Waals surface area contributed by atoms with Gasteiger partial charge in [-0.3, -0.25) is 0 Å². The zero-order valence-corrected chi connectivity index (χ0v) is 5.41. The molecule has 0 fully saturated rings. The van der Waals surface area contributed by atoms with E-state index < -0.39 is 14.9 Å². The molecule has 0 bridgehead atoms. The summed E-state index contributed by atoms with van der Waals surface area (Å²) in [6.07, 6.45) is 0. The van der Waals surface area contributed by atoms with E-state index in [-0.39, 0.29) is 8.87 Å². The molecule has 4 heteroatoms. The average molecular weight is 133 g/mol. The lowest BCUT2D eigenvalue weighted by atomic mass is 29.5. The predicted molar refractivity (Wildman–Crippen MR) is 33.7 cm³/mol. The third kappa shape index (κ3) is 3.38. The van der Waals surface area contributed by atoms with E-state index in [4.69, 9.17) is 3.84 Å². The van der Waals surface area contributed by atoms with Crippen LogP contribution in [-0.4, -0.2) is 3.84 Å². The second-order valence-corrected chi connectivity index (χ2v) is 4.90. The summed E-state index contributed by atoms with van der Waals surface area (Å²) < 4.78 is 20.3. The molecule has 0 aliphatic carbocycles. The van der Waals surface area contributed by atoms with Gasteiger partial charge in [-0.15, -0.1) is 0 Å². The maximum atomic E-state index is 6.90. The zero-order valence-electron chi connectivity index (χ0n) is 4.80. The smallest absolute Gasteiger partial charge is 0.0640 e. The lowest BCUT2D eigenvalue weighted by Gasteiger charge is -1.41. The van der Waals surface area contributed by atoms with E-state index in [0.717, 1.165) is 0 Å². The van der Waals surface area contributed by atoms with E-state index in [9.17, 15) is 0 Å². The highest BCUT2D eigenvalue weighted by atomic mass is 32.7. The SMILES string of the molecule is [2H]PP([2H])[P+]([3H])=S. The summed E-state index contributed by atoms with van der Waals surface area (Å²) in [5, 5.41) is 0. The van der Waals surface area contributed by atoms with E-state index >= 15 is 0 Å². The fourth-order valence-corrected chi connectivity index (χ4v) is 0. The lowest BCUT2D eigenvalue weighted by Crippen LogP contribution is -0.770. The Morgan fingerprint density at radius 2 is 4.00 bits per heavy atom. The van der Waals surface area contributed by atoms with Gasteiger partial charge >= 0.3 is 1.28 Å². The van der Waals surface area contributed by atoms with Gasteiger partial charge in [0.25, 0.3) is 0 Å². The maximum Gasteiger partial charge on any atom is 0.356 e. The highest BCUT2D eigenvalue weighted by Gasteiger charge is 1.63. The van der Waals surface area contributed by atoms with Crippen molar-refractivity contribution in [3.63, 3.8) is 0 Å². The minimum absolute atomic E-state index is 0.169. The topological polar surface area (TPSA) is 0 Å². The quantitative estimate of drug-likeness (QED) is 0.514. The van der Waals surface area contributed by atoms with Gasteiger partial charge in [-0.2, -0.15) is 0 Å². The predicted octanol–water partition coefficient (Wildman–Crippen LogP) is 1.51. The first kappa shape index (κ1) is 1.90. The van der Waals surface area contributed by atoms with Crippen molar-refractivity contribution in [3.05, 3.63) is 0 Å². The van der Waals surface area contributed by atoms with Crippen LogP contribution in [-0.2, 0) is 11.8 Å². The fourth-order valence-electron chi connectivity index (χ4n) is 0. The van der Waals surface area contributed by atoms with Crippen LogP contribution in [0.1, 0.15) is 0 Å². The molecule has 0 nitrogen and oxygen atoms in total. The van der Waals surface area contributed by atoms with Crippen molar-refractivity contribution in [2.24, 2.45) is 0 Å². The Hall–Kier alpha value is 1.38. The molecule has 3 atom stereocenters. The Morgan fingerprint density at radius 3 is 4.00 bits per heavy atom. The molecule has 0 aliphatic heterocycles. The van der Waals surface area contributed by atoms with Gasteiger partial charge in [-0.05, 0) is 0 Å². The summed E-state index contributed by atoms with van der Waals surface area (Å²) in [7, 11) is -1.32. The van der Waals surface area contributed by atoms with Gasteiger partial charge in [0.15, 0.2) is 18.8 Å². The summed E-state index contributed by atoms with van der Waals surface area (Å²) in [5.74, 6) is 0. The largest absolute Gasteiger partial charge is 0.356 e.